The van der Waals surface area contributed by atoms with Gasteiger partial charge in [0.15, 0.2) is 0 Å². The van der Waals surface area contributed by atoms with Crippen LogP contribution in [0, 0.1) is 11.8 Å². The number of hydrogen-bond acceptors (Lipinski definition) is 3. The zero-order valence-corrected chi connectivity index (χ0v) is 13.2. The Morgan fingerprint density at radius 1 is 1.55 bits per heavy atom. The summed E-state index contributed by atoms with van der Waals surface area (Å²) in [5.74, 6) is 0.456. The summed E-state index contributed by atoms with van der Waals surface area (Å²) in [6, 6.07) is 2.03. The Morgan fingerprint density at radius 2 is 2.30 bits per heavy atom. The van der Waals surface area contributed by atoms with E-state index in [9.17, 15) is 9.59 Å². The van der Waals surface area contributed by atoms with Crippen LogP contribution < -0.4 is 0 Å². The van der Waals surface area contributed by atoms with Crippen molar-refractivity contribution < 1.29 is 9.59 Å². The van der Waals surface area contributed by atoms with Gasteiger partial charge in [0.2, 0.25) is 11.8 Å². The van der Waals surface area contributed by atoms with Crippen LogP contribution in [0.2, 0.25) is 0 Å². The maximum Gasteiger partial charge on any atom is 0.228 e. The average molecular weight is 294 g/mol. The monoisotopic (exact) mass is 294 g/mol. The first-order valence-corrected chi connectivity index (χ1v) is 7.95. The molecule has 1 unspecified atom stereocenters. The van der Waals surface area contributed by atoms with Crippen molar-refractivity contribution in [2.75, 3.05) is 20.1 Å². The van der Waals surface area contributed by atoms with Gasteiger partial charge in [-0.1, -0.05) is 13.8 Å². The van der Waals surface area contributed by atoms with Gasteiger partial charge in [0.25, 0.3) is 0 Å². The van der Waals surface area contributed by atoms with Gasteiger partial charge in [-0.15, -0.1) is 0 Å². The first-order chi connectivity index (χ1) is 9.47. The standard InChI is InChI=1S/C15H22N2O2S/c1-11(2)7-17-9-13(6-14(17)18)15(19)16(3)8-12-4-5-20-10-12/h4-5,10-11,13H,6-9H2,1-3H3. The summed E-state index contributed by atoms with van der Waals surface area (Å²) in [4.78, 5) is 27.9. The Kier molecular flexibility index (Phi) is 4.81. The number of rotatable bonds is 5. The molecule has 1 aromatic heterocycles. The van der Waals surface area contributed by atoms with E-state index in [1.54, 1.807) is 16.2 Å². The number of nitrogens with zero attached hydrogens (tertiary/aromatic N) is 2. The molecule has 0 radical (unpaired) electrons. The van der Waals surface area contributed by atoms with Crippen LogP contribution in [0.5, 0.6) is 0 Å². The molecule has 1 fully saturated rings. The van der Waals surface area contributed by atoms with E-state index in [1.165, 1.54) is 0 Å². The third kappa shape index (κ3) is 3.60. The zero-order valence-electron chi connectivity index (χ0n) is 12.3. The summed E-state index contributed by atoms with van der Waals surface area (Å²) in [5, 5.41) is 4.06. The van der Waals surface area contributed by atoms with Gasteiger partial charge in [0.1, 0.15) is 0 Å². The Morgan fingerprint density at radius 3 is 2.90 bits per heavy atom. The lowest BCUT2D eigenvalue weighted by atomic mass is 10.1. The molecule has 0 aromatic carbocycles. The number of hydrogen-bond donors (Lipinski definition) is 0. The van der Waals surface area contributed by atoms with Crippen LogP contribution in [0.4, 0.5) is 0 Å². The second-order valence-corrected chi connectivity index (χ2v) is 6.70. The fourth-order valence-electron chi connectivity index (χ4n) is 2.60. The largest absolute Gasteiger partial charge is 0.342 e. The molecule has 4 nitrogen and oxygen atoms in total. The molecule has 1 aliphatic heterocycles. The fraction of sp³-hybridized carbons (Fsp3) is 0.600. The minimum atomic E-state index is -0.176. The summed E-state index contributed by atoms with van der Waals surface area (Å²) in [6.45, 7) is 6.12. The van der Waals surface area contributed by atoms with Crippen molar-refractivity contribution in [2.45, 2.75) is 26.8 Å². The first kappa shape index (κ1) is 15.0. The van der Waals surface area contributed by atoms with E-state index in [2.05, 4.69) is 19.2 Å². The Balaban J connectivity index is 1.91. The van der Waals surface area contributed by atoms with Crippen LogP contribution in [-0.2, 0) is 16.1 Å². The maximum atomic E-state index is 12.4. The zero-order chi connectivity index (χ0) is 14.7. The van der Waals surface area contributed by atoms with Gasteiger partial charge in [-0.3, -0.25) is 9.59 Å². The molecule has 110 valence electrons. The molecule has 0 aliphatic carbocycles. The van der Waals surface area contributed by atoms with Crippen molar-refractivity contribution in [2.24, 2.45) is 11.8 Å². The third-order valence-electron chi connectivity index (χ3n) is 3.53. The SMILES string of the molecule is CC(C)CN1CC(C(=O)N(C)Cc2ccsc2)CC1=O. The number of amides is 2. The second kappa shape index (κ2) is 6.39. The number of likely N-dealkylation sites (tertiary alicyclic amines) is 1. The van der Waals surface area contributed by atoms with Crippen LogP contribution in [-0.4, -0.2) is 41.8 Å². The molecule has 0 saturated carbocycles. The summed E-state index contributed by atoms with van der Waals surface area (Å²) in [5.41, 5.74) is 1.15. The van der Waals surface area contributed by atoms with Gasteiger partial charge in [0, 0.05) is 33.1 Å². The van der Waals surface area contributed by atoms with Crippen LogP contribution in [0.25, 0.3) is 0 Å². The van der Waals surface area contributed by atoms with E-state index in [0.29, 0.717) is 25.4 Å². The van der Waals surface area contributed by atoms with E-state index in [4.69, 9.17) is 0 Å². The molecular formula is C15H22N2O2S. The third-order valence-corrected chi connectivity index (χ3v) is 4.26. The highest BCUT2D eigenvalue weighted by Crippen LogP contribution is 2.21. The van der Waals surface area contributed by atoms with Crippen molar-refractivity contribution in [1.82, 2.24) is 9.80 Å². The normalized spacial score (nSPS) is 18.9. The molecule has 20 heavy (non-hydrogen) atoms. The molecule has 1 saturated heterocycles. The second-order valence-electron chi connectivity index (χ2n) is 5.92. The van der Waals surface area contributed by atoms with Crippen LogP contribution >= 0.6 is 11.3 Å². The quantitative estimate of drug-likeness (QED) is 0.835. The van der Waals surface area contributed by atoms with Gasteiger partial charge in [0.05, 0.1) is 5.92 Å². The molecule has 2 heterocycles. The van der Waals surface area contributed by atoms with E-state index < -0.39 is 0 Å². The molecule has 0 N–H and O–H groups in total. The summed E-state index contributed by atoms with van der Waals surface area (Å²) < 4.78 is 0. The van der Waals surface area contributed by atoms with Gasteiger partial charge in [-0.05, 0) is 28.3 Å². The predicted octanol–water partition coefficient (Wildman–Crippen LogP) is 2.21. The average Bonchev–Trinajstić information content (AvgIpc) is 2.99. The Labute approximate surface area is 124 Å². The maximum absolute atomic E-state index is 12.4. The summed E-state index contributed by atoms with van der Waals surface area (Å²) >= 11 is 1.63. The molecule has 2 amide bonds. The first-order valence-electron chi connectivity index (χ1n) is 7.01. The molecule has 5 heteroatoms. The fourth-order valence-corrected chi connectivity index (χ4v) is 3.26. The smallest absolute Gasteiger partial charge is 0.228 e. The molecule has 0 bridgehead atoms. The lowest BCUT2D eigenvalue weighted by Crippen LogP contribution is -2.35. The van der Waals surface area contributed by atoms with E-state index in [-0.39, 0.29) is 17.7 Å². The number of carbonyl (C=O) groups is 2. The van der Waals surface area contributed by atoms with E-state index >= 15 is 0 Å². The minimum absolute atomic E-state index is 0.0795. The van der Waals surface area contributed by atoms with Crippen molar-refractivity contribution in [3.8, 4) is 0 Å². The van der Waals surface area contributed by atoms with Crippen LogP contribution in [0.1, 0.15) is 25.8 Å². The topological polar surface area (TPSA) is 40.6 Å². The highest BCUT2D eigenvalue weighted by atomic mass is 32.1. The molecule has 1 aromatic rings. The van der Waals surface area contributed by atoms with Crippen molar-refractivity contribution in [1.29, 1.82) is 0 Å². The summed E-state index contributed by atoms with van der Waals surface area (Å²) in [7, 11) is 1.82. The molecular weight excluding hydrogens is 272 g/mol. The number of carbonyl (C=O) groups excluding carboxylic acids is 2. The minimum Gasteiger partial charge on any atom is -0.342 e. The van der Waals surface area contributed by atoms with Gasteiger partial charge < -0.3 is 9.80 Å². The van der Waals surface area contributed by atoms with Crippen molar-refractivity contribution >= 4 is 23.2 Å². The Hall–Kier alpha value is -1.36. The van der Waals surface area contributed by atoms with Crippen LogP contribution in [0.15, 0.2) is 16.8 Å². The molecule has 2 rings (SSSR count). The highest BCUT2D eigenvalue weighted by molar-refractivity contribution is 7.07. The van der Waals surface area contributed by atoms with E-state index in [1.807, 2.05) is 23.4 Å². The van der Waals surface area contributed by atoms with Gasteiger partial charge in [-0.25, -0.2) is 0 Å². The molecule has 0 spiro atoms. The molecule has 1 atom stereocenters. The van der Waals surface area contributed by atoms with Crippen molar-refractivity contribution in [3.05, 3.63) is 22.4 Å². The highest BCUT2D eigenvalue weighted by Gasteiger charge is 2.35. The van der Waals surface area contributed by atoms with Gasteiger partial charge in [-0.2, -0.15) is 11.3 Å². The predicted molar refractivity (Wildman–Crippen MR) is 80.3 cm³/mol. The Bertz CT molecular complexity index is 470. The van der Waals surface area contributed by atoms with E-state index in [0.717, 1.165) is 12.1 Å². The summed E-state index contributed by atoms with van der Waals surface area (Å²) in [6.07, 6.45) is 0.361. The van der Waals surface area contributed by atoms with Gasteiger partial charge >= 0.3 is 0 Å². The lowest BCUT2D eigenvalue weighted by Gasteiger charge is -2.22. The molecule has 1 aliphatic rings. The van der Waals surface area contributed by atoms with Crippen molar-refractivity contribution in [3.63, 3.8) is 0 Å². The van der Waals surface area contributed by atoms with Crippen LogP contribution in [0.3, 0.4) is 0 Å². The number of thiophene rings is 1. The lowest BCUT2D eigenvalue weighted by molar-refractivity contribution is -0.135.